The molecule has 2 aromatic carbocycles. The van der Waals surface area contributed by atoms with E-state index in [4.69, 9.17) is 14.2 Å². The summed E-state index contributed by atoms with van der Waals surface area (Å²) in [6.45, 7) is 0.490. The van der Waals surface area contributed by atoms with Crippen LogP contribution in [0.2, 0.25) is 0 Å². The van der Waals surface area contributed by atoms with Crippen LogP contribution in [0.4, 0.5) is 27.5 Å². The first-order valence-electron chi connectivity index (χ1n) is 9.70. The summed E-state index contributed by atoms with van der Waals surface area (Å²) in [6, 6.07) is 12.2. The van der Waals surface area contributed by atoms with E-state index in [1.54, 1.807) is 30.3 Å². The molecule has 1 aliphatic heterocycles. The number of rotatable bonds is 5. The normalized spacial score (nSPS) is 12.7. The molecular weight excluding hydrogens is 419 g/mol. The van der Waals surface area contributed by atoms with E-state index in [0.717, 1.165) is 18.2 Å². The second-order valence-corrected chi connectivity index (χ2v) is 6.97. The second-order valence-electron chi connectivity index (χ2n) is 6.97. The van der Waals surface area contributed by atoms with Crippen molar-refractivity contribution in [2.75, 3.05) is 24.4 Å². The maximum Gasteiger partial charge on any atom is 0.373 e. The molecule has 0 spiro atoms. The first kappa shape index (κ1) is 19.8. The van der Waals surface area contributed by atoms with Gasteiger partial charge in [0, 0.05) is 34.8 Å². The second kappa shape index (κ2) is 8.16. The predicted molar refractivity (Wildman–Crippen MR) is 113 cm³/mol. The number of ether oxygens (including phenoxy) is 1. The average Bonchev–Trinajstić information content (AvgIpc) is 3.24. The summed E-state index contributed by atoms with van der Waals surface area (Å²) in [5, 5.41) is 6.64. The van der Waals surface area contributed by atoms with Gasteiger partial charge in [-0.3, -0.25) is 0 Å². The minimum Gasteiger partial charge on any atom is -0.463 e. The molecule has 0 saturated carbocycles. The molecule has 0 bridgehead atoms. The summed E-state index contributed by atoms with van der Waals surface area (Å²) < 4.78 is 24.5. The number of hydrogen-bond acceptors (Lipinski definition) is 9. The van der Waals surface area contributed by atoms with Crippen molar-refractivity contribution in [2.24, 2.45) is 0 Å². The van der Waals surface area contributed by atoms with E-state index < -0.39 is 11.8 Å². The molecule has 32 heavy (non-hydrogen) atoms. The van der Waals surface area contributed by atoms with E-state index in [2.05, 4.69) is 25.3 Å². The van der Waals surface area contributed by atoms with Gasteiger partial charge in [-0.05, 0) is 30.3 Å². The predicted octanol–water partition coefficient (Wildman–Crippen LogP) is 4.50. The number of anilines is 4. The number of fused-ring (bicyclic) bond motifs is 2. The molecule has 162 valence electrons. The van der Waals surface area contributed by atoms with Gasteiger partial charge in [-0.2, -0.15) is 9.87 Å². The third-order valence-electron chi connectivity index (χ3n) is 4.84. The van der Waals surface area contributed by atoms with Gasteiger partial charge >= 0.3 is 5.97 Å². The van der Waals surface area contributed by atoms with E-state index in [-0.39, 0.29) is 17.5 Å². The lowest BCUT2D eigenvalue weighted by atomic mass is 10.1. The molecule has 4 aromatic rings. The molecule has 5 rings (SSSR count). The highest BCUT2D eigenvalue weighted by molar-refractivity contribution is 5.93. The Labute approximate surface area is 181 Å². The molecule has 0 atom stereocenters. The van der Waals surface area contributed by atoms with Crippen LogP contribution in [0.5, 0.6) is 5.75 Å². The highest BCUT2D eigenvalue weighted by atomic mass is 19.1. The van der Waals surface area contributed by atoms with Crippen molar-refractivity contribution in [3.05, 3.63) is 65.8 Å². The van der Waals surface area contributed by atoms with E-state index in [1.165, 1.54) is 7.11 Å². The molecule has 0 radical (unpaired) electrons. The number of carbonyl (C=O) groups is 1. The number of halogens is 1. The van der Waals surface area contributed by atoms with Crippen LogP contribution in [0, 0.1) is 5.82 Å². The van der Waals surface area contributed by atoms with Gasteiger partial charge in [-0.1, -0.05) is 6.07 Å². The zero-order valence-corrected chi connectivity index (χ0v) is 16.8. The van der Waals surface area contributed by atoms with Crippen LogP contribution in [-0.4, -0.2) is 29.7 Å². The van der Waals surface area contributed by atoms with Gasteiger partial charge < -0.3 is 24.7 Å². The highest BCUT2D eigenvalue weighted by Crippen LogP contribution is 2.29. The van der Waals surface area contributed by atoms with Crippen LogP contribution >= 0.6 is 0 Å². The largest absolute Gasteiger partial charge is 0.463 e. The van der Waals surface area contributed by atoms with Gasteiger partial charge in [0.05, 0.1) is 19.9 Å². The fourth-order valence-electron chi connectivity index (χ4n) is 3.28. The SMILES string of the molecule is COC(=O)c1cc2cc(Nc3ncc(F)c(Nc4ccc5c(c4)OOCC5)n3)ccc2o1. The zero-order chi connectivity index (χ0) is 22.1. The lowest BCUT2D eigenvalue weighted by molar-refractivity contribution is -0.215. The summed E-state index contributed by atoms with van der Waals surface area (Å²) in [7, 11) is 1.28. The van der Waals surface area contributed by atoms with Crippen molar-refractivity contribution in [3.63, 3.8) is 0 Å². The van der Waals surface area contributed by atoms with Crippen molar-refractivity contribution in [1.82, 2.24) is 9.97 Å². The molecule has 0 fully saturated rings. The molecule has 0 aliphatic carbocycles. The molecule has 1 aliphatic rings. The zero-order valence-electron chi connectivity index (χ0n) is 16.8. The summed E-state index contributed by atoms with van der Waals surface area (Å²) in [5.41, 5.74) is 2.76. The van der Waals surface area contributed by atoms with Crippen LogP contribution in [0.15, 0.2) is 53.1 Å². The lowest BCUT2D eigenvalue weighted by Crippen LogP contribution is -2.11. The molecule has 10 heteroatoms. The Bertz CT molecular complexity index is 1320. The number of nitrogens with one attached hydrogen (secondary N) is 2. The number of hydrogen-bond donors (Lipinski definition) is 2. The van der Waals surface area contributed by atoms with Crippen molar-refractivity contribution in [2.45, 2.75) is 6.42 Å². The number of furan rings is 1. The topological polar surface area (TPSA) is 108 Å². The van der Waals surface area contributed by atoms with Crippen LogP contribution in [0.1, 0.15) is 16.1 Å². The fourth-order valence-corrected chi connectivity index (χ4v) is 3.28. The van der Waals surface area contributed by atoms with Gasteiger partial charge in [0.15, 0.2) is 17.4 Å². The van der Waals surface area contributed by atoms with E-state index >= 15 is 0 Å². The van der Waals surface area contributed by atoms with Gasteiger partial charge in [-0.15, -0.1) is 0 Å². The number of carbonyl (C=O) groups excluding carboxylic acids is 1. The van der Waals surface area contributed by atoms with Crippen LogP contribution in [0.25, 0.3) is 11.0 Å². The molecular formula is C22H17FN4O5. The van der Waals surface area contributed by atoms with Crippen molar-refractivity contribution < 1.29 is 28.1 Å². The smallest absolute Gasteiger partial charge is 0.373 e. The molecule has 2 N–H and O–H groups in total. The monoisotopic (exact) mass is 436 g/mol. The summed E-state index contributed by atoms with van der Waals surface area (Å²) in [5.74, 6) is -0.317. The molecule has 2 aromatic heterocycles. The standard InChI is InChI=1S/C22H17FN4O5/c1-29-21(28)19-9-13-8-14(4-5-17(13)31-19)26-22-24-11-16(23)20(27-22)25-15-3-2-12-6-7-30-32-18(12)10-15/h2-5,8-11H,6-7H2,1H3,(H2,24,25,26,27). The summed E-state index contributed by atoms with van der Waals surface area (Å²) in [6.07, 6.45) is 1.81. The third kappa shape index (κ3) is 3.91. The Kier molecular flexibility index (Phi) is 5.04. The van der Waals surface area contributed by atoms with Crippen molar-refractivity contribution in [1.29, 1.82) is 0 Å². The number of nitrogens with zero attached hydrogens (tertiary/aromatic N) is 2. The number of aromatic nitrogens is 2. The van der Waals surface area contributed by atoms with Gasteiger partial charge in [0.25, 0.3) is 0 Å². The molecule has 3 heterocycles. The number of esters is 1. The maximum absolute atomic E-state index is 14.3. The quantitative estimate of drug-likeness (QED) is 0.345. The Morgan fingerprint density at radius 3 is 2.84 bits per heavy atom. The minimum absolute atomic E-state index is 0.00320. The first-order chi connectivity index (χ1) is 15.6. The Balaban J connectivity index is 1.37. The Morgan fingerprint density at radius 1 is 1.12 bits per heavy atom. The van der Waals surface area contributed by atoms with Gasteiger partial charge in [0.2, 0.25) is 11.7 Å². The molecule has 0 unspecified atom stereocenters. The Morgan fingerprint density at radius 2 is 1.97 bits per heavy atom. The molecule has 0 amide bonds. The van der Waals surface area contributed by atoms with Crippen LogP contribution in [-0.2, 0) is 16.0 Å². The van der Waals surface area contributed by atoms with Crippen molar-refractivity contribution in [3.8, 4) is 5.75 Å². The number of methoxy groups -OCH3 is 1. The Hall–Kier alpha value is -4.18. The first-order valence-corrected chi connectivity index (χ1v) is 9.70. The average molecular weight is 436 g/mol. The van der Waals surface area contributed by atoms with Crippen LogP contribution in [0.3, 0.4) is 0 Å². The molecule has 9 nitrogen and oxygen atoms in total. The maximum atomic E-state index is 14.3. The van der Waals surface area contributed by atoms with E-state index in [1.807, 2.05) is 12.1 Å². The third-order valence-corrected chi connectivity index (χ3v) is 4.84. The summed E-state index contributed by atoms with van der Waals surface area (Å²) >= 11 is 0. The lowest BCUT2D eigenvalue weighted by Gasteiger charge is -2.17. The van der Waals surface area contributed by atoms with E-state index in [9.17, 15) is 9.18 Å². The fraction of sp³-hybridized carbons (Fsp3) is 0.136. The molecule has 0 saturated heterocycles. The van der Waals surface area contributed by atoms with E-state index in [0.29, 0.717) is 34.7 Å². The number of benzene rings is 2. The minimum atomic E-state index is -0.613. The van der Waals surface area contributed by atoms with Crippen molar-refractivity contribution >= 4 is 40.1 Å². The van der Waals surface area contributed by atoms with Crippen LogP contribution < -0.4 is 15.5 Å². The van der Waals surface area contributed by atoms with Gasteiger partial charge in [0.1, 0.15) is 5.58 Å². The summed E-state index contributed by atoms with van der Waals surface area (Å²) in [4.78, 5) is 30.0. The van der Waals surface area contributed by atoms with Gasteiger partial charge in [-0.25, -0.2) is 14.2 Å². The highest BCUT2D eigenvalue weighted by Gasteiger charge is 2.15.